The van der Waals surface area contributed by atoms with Crippen LogP contribution in [0.3, 0.4) is 0 Å². The first-order valence-electron chi connectivity index (χ1n) is 5.26. The number of nitrogens with two attached hydrogens (primary N) is 1. The second-order valence-electron chi connectivity index (χ2n) is 3.57. The summed E-state index contributed by atoms with van der Waals surface area (Å²) in [4.78, 5) is 7.98. The molecule has 0 aliphatic heterocycles. The Balaban J connectivity index is 1.96. The molecule has 0 saturated carbocycles. The third-order valence-corrected chi connectivity index (χ3v) is 2.60. The van der Waals surface area contributed by atoms with E-state index in [2.05, 4.69) is 30.9 Å². The molecule has 18 heavy (non-hydrogen) atoms. The largest absolute Gasteiger partial charge is 0.368 e. The summed E-state index contributed by atoms with van der Waals surface area (Å²) in [5.74, 6) is 6.94. The molecule has 8 nitrogen and oxygen atoms in total. The van der Waals surface area contributed by atoms with Crippen molar-refractivity contribution in [1.82, 2.24) is 24.7 Å². The minimum absolute atomic E-state index is 0.306. The van der Waals surface area contributed by atoms with E-state index < -0.39 is 0 Å². The Labute approximate surface area is 109 Å². The Morgan fingerprint density at radius 2 is 2.33 bits per heavy atom. The van der Waals surface area contributed by atoms with Gasteiger partial charge >= 0.3 is 0 Å². The Morgan fingerprint density at radius 3 is 3.00 bits per heavy atom. The van der Waals surface area contributed by atoms with E-state index in [0.29, 0.717) is 29.8 Å². The molecule has 0 aromatic carbocycles. The minimum Gasteiger partial charge on any atom is -0.368 e. The summed E-state index contributed by atoms with van der Waals surface area (Å²) in [6.07, 6.45) is 3.85. The van der Waals surface area contributed by atoms with Crippen molar-refractivity contribution >= 4 is 23.4 Å². The predicted octanol–water partition coefficient (Wildman–Crippen LogP) is 0.199. The Bertz CT molecular complexity index is 525. The molecule has 2 rings (SSSR count). The van der Waals surface area contributed by atoms with Crippen LogP contribution in [0.15, 0.2) is 12.5 Å². The van der Waals surface area contributed by atoms with E-state index in [0.717, 1.165) is 5.82 Å². The maximum Gasteiger partial charge on any atom is 0.239 e. The predicted molar refractivity (Wildman–Crippen MR) is 68.0 cm³/mol. The van der Waals surface area contributed by atoms with Crippen LogP contribution in [0.2, 0.25) is 5.02 Å². The molecule has 2 aromatic heterocycles. The molecule has 0 saturated heterocycles. The van der Waals surface area contributed by atoms with Crippen LogP contribution in [0.25, 0.3) is 0 Å². The minimum atomic E-state index is 0.306. The highest BCUT2D eigenvalue weighted by Crippen LogP contribution is 2.18. The number of rotatable bonds is 5. The maximum atomic E-state index is 5.96. The van der Waals surface area contributed by atoms with Crippen LogP contribution in [0.1, 0.15) is 5.82 Å². The van der Waals surface area contributed by atoms with Gasteiger partial charge < -0.3 is 9.88 Å². The first kappa shape index (κ1) is 12.5. The molecular weight excluding hydrogens is 256 g/mol. The average molecular weight is 269 g/mol. The summed E-state index contributed by atoms with van der Waals surface area (Å²) in [5.41, 5.74) is 2.36. The van der Waals surface area contributed by atoms with E-state index in [4.69, 9.17) is 17.4 Å². The van der Waals surface area contributed by atoms with Crippen molar-refractivity contribution in [2.45, 2.75) is 6.42 Å². The van der Waals surface area contributed by atoms with Crippen molar-refractivity contribution in [3.63, 3.8) is 0 Å². The van der Waals surface area contributed by atoms with Crippen molar-refractivity contribution < 1.29 is 0 Å². The van der Waals surface area contributed by atoms with Gasteiger partial charge in [-0.15, -0.1) is 10.2 Å². The van der Waals surface area contributed by atoms with Gasteiger partial charge in [-0.1, -0.05) is 11.6 Å². The molecule has 4 N–H and O–H groups in total. The fraction of sp³-hybridized carbons (Fsp3) is 0.333. The number of nitrogens with one attached hydrogen (secondary N) is 2. The summed E-state index contributed by atoms with van der Waals surface area (Å²) in [6.45, 7) is 0.632. The van der Waals surface area contributed by atoms with Crippen LogP contribution in [0.4, 0.5) is 11.8 Å². The third-order valence-electron chi connectivity index (χ3n) is 2.32. The first-order valence-corrected chi connectivity index (χ1v) is 5.64. The summed E-state index contributed by atoms with van der Waals surface area (Å²) < 4.78 is 1.86. The van der Waals surface area contributed by atoms with Gasteiger partial charge in [-0.25, -0.2) is 10.8 Å². The zero-order valence-corrected chi connectivity index (χ0v) is 10.5. The van der Waals surface area contributed by atoms with E-state index in [9.17, 15) is 0 Å². The van der Waals surface area contributed by atoms with Crippen molar-refractivity contribution in [3.05, 3.63) is 23.4 Å². The number of aromatic nitrogens is 5. The Morgan fingerprint density at radius 1 is 1.50 bits per heavy atom. The molecule has 0 spiro atoms. The number of halogens is 1. The van der Waals surface area contributed by atoms with Gasteiger partial charge in [0.1, 0.15) is 17.2 Å². The van der Waals surface area contributed by atoms with Gasteiger partial charge in [-0.05, 0) is 0 Å². The maximum absolute atomic E-state index is 5.96. The smallest absolute Gasteiger partial charge is 0.239 e. The standard InChI is InChI=1S/C9H13ClN8/c1-18-5-14-17-7(18)2-3-12-8-6(10)4-13-9(15-8)16-11/h4-5H,2-3,11H2,1H3,(H2,12,13,15,16). The van der Waals surface area contributed by atoms with Crippen LogP contribution in [0, 0.1) is 0 Å². The second kappa shape index (κ2) is 5.61. The highest BCUT2D eigenvalue weighted by Gasteiger charge is 2.05. The lowest BCUT2D eigenvalue weighted by Crippen LogP contribution is -2.14. The molecule has 2 aromatic rings. The van der Waals surface area contributed by atoms with Crippen molar-refractivity contribution in [2.75, 3.05) is 17.3 Å². The molecule has 0 unspecified atom stereocenters. The number of hydrogen-bond acceptors (Lipinski definition) is 7. The molecule has 9 heteroatoms. The van der Waals surface area contributed by atoms with Crippen molar-refractivity contribution in [3.8, 4) is 0 Å². The number of nitrogens with zero attached hydrogens (tertiary/aromatic N) is 5. The van der Waals surface area contributed by atoms with E-state index in [-0.39, 0.29) is 0 Å². The first-order chi connectivity index (χ1) is 8.70. The van der Waals surface area contributed by atoms with Gasteiger partial charge in [-0.2, -0.15) is 4.98 Å². The molecule has 0 atom stereocenters. The van der Waals surface area contributed by atoms with Crippen molar-refractivity contribution in [1.29, 1.82) is 0 Å². The molecule has 0 fully saturated rings. The second-order valence-corrected chi connectivity index (χ2v) is 3.98. The molecule has 0 amide bonds. The van der Waals surface area contributed by atoms with Crippen LogP contribution in [-0.2, 0) is 13.5 Å². The summed E-state index contributed by atoms with van der Waals surface area (Å²) in [7, 11) is 1.89. The van der Waals surface area contributed by atoms with Gasteiger partial charge in [-0.3, -0.25) is 5.43 Å². The molecular formula is C9H13ClN8. The lowest BCUT2D eigenvalue weighted by molar-refractivity contribution is 0.787. The van der Waals surface area contributed by atoms with Crippen LogP contribution in [0.5, 0.6) is 0 Å². The number of hydrogen-bond donors (Lipinski definition) is 3. The van der Waals surface area contributed by atoms with E-state index in [1.165, 1.54) is 6.20 Å². The van der Waals surface area contributed by atoms with E-state index in [1.54, 1.807) is 6.33 Å². The van der Waals surface area contributed by atoms with Crippen LogP contribution >= 0.6 is 11.6 Å². The molecule has 0 aliphatic carbocycles. The Hall–Kier alpha value is -1.93. The van der Waals surface area contributed by atoms with Gasteiger partial charge in [0.05, 0.1) is 6.20 Å². The normalized spacial score (nSPS) is 10.4. The number of aryl methyl sites for hydroxylation is 1. The van der Waals surface area contributed by atoms with Gasteiger partial charge in [0.15, 0.2) is 5.82 Å². The number of nitrogen functional groups attached to an aromatic ring is 1. The highest BCUT2D eigenvalue weighted by molar-refractivity contribution is 6.32. The summed E-state index contributed by atoms with van der Waals surface area (Å²) in [6, 6.07) is 0. The summed E-state index contributed by atoms with van der Waals surface area (Å²) in [5, 5.41) is 11.3. The lowest BCUT2D eigenvalue weighted by atomic mass is 10.4. The molecule has 0 radical (unpaired) electrons. The molecule has 2 heterocycles. The zero-order chi connectivity index (χ0) is 13.0. The summed E-state index contributed by atoms with van der Waals surface area (Å²) >= 11 is 5.96. The fourth-order valence-electron chi connectivity index (χ4n) is 1.39. The van der Waals surface area contributed by atoms with E-state index in [1.807, 2.05) is 11.6 Å². The van der Waals surface area contributed by atoms with Crippen LogP contribution in [-0.4, -0.2) is 31.3 Å². The van der Waals surface area contributed by atoms with E-state index >= 15 is 0 Å². The van der Waals surface area contributed by atoms with Crippen molar-refractivity contribution in [2.24, 2.45) is 12.9 Å². The average Bonchev–Trinajstić information content (AvgIpc) is 2.77. The molecule has 0 bridgehead atoms. The highest BCUT2D eigenvalue weighted by atomic mass is 35.5. The topological polar surface area (TPSA) is 107 Å². The Kier molecular flexibility index (Phi) is 3.90. The third kappa shape index (κ3) is 2.84. The van der Waals surface area contributed by atoms with Gasteiger partial charge in [0, 0.05) is 20.0 Å². The quantitative estimate of drug-likeness (QED) is 0.525. The van der Waals surface area contributed by atoms with Crippen LogP contribution < -0.4 is 16.6 Å². The van der Waals surface area contributed by atoms with Gasteiger partial charge in [0.2, 0.25) is 5.95 Å². The SMILES string of the molecule is Cn1cnnc1CCNc1nc(NN)ncc1Cl. The zero-order valence-electron chi connectivity index (χ0n) is 9.76. The monoisotopic (exact) mass is 268 g/mol. The number of hydrazine groups is 1. The van der Waals surface area contributed by atoms with Gasteiger partial charge in [0.25, 0.3) is 0 Å². The fourth-order valence-corrected chi connectivity index (χ4v) is 1.54. The lowest BCUT2D eigenvalue weighted by Gasteiger charge is -2.08. The molecule has 96 valence electrons. The number of anilines is 2. The molecule has 0 aliphatic rings.